The van der Waals surface area contributed by atoms with Crippen molar-refractivity contribution in [2.75, 3.05) is 0 Å². The second kappa shape index (κ2) is 4.97. The minimum atomic E-state index is -0.208. The summed E-state index contributed by atoms with van der Waals surface area (Å²) in [4.78, 5) is 6.48. The first-order valence-corrected chi connectivity index (χ1v) is 6.86. The summed E-state index contributed by atoms with van der Waals surface area (Å²) in [6.45, 7) is 2.09. The lowest BCUT2D eigenvalue weighted by Crippen LogP contribution is -2.19. The molecular formula is C15H13FN2S. The van der Waals surface area contributed by atoms with Gasteiger partial charge in [0.2, 0.25) is 0 Å². The van der Waals surface area contributed by atoms with Crippen LogP contribution < -0.4 is 5.32 Å². The van der Waals surface area contributed by atoms with E-state index in [0.29, 0.717) is 0 Å². The third-order valence-electron chi connectivity index (χ3n) is 3.01. The molecule has 4 heteroatoms. The fourth-order valence-electron chi connectivity index (χ4n) is 2.14. The van der Waals surface area contributed by atoms with Crippen molar-refractivity contribution in [1.29, 1.82) is 0 Å². The molecule has 1 aromatic heterocycles. The third kappa shape index (κ3) is 2.44. The highest BCUT2D eigenvalue weighted by Gasteiger charge is 2.17. The van der Waals surface area contributed by atoms with E-state index in [9.17, 15) is 4.39 Å². The number of aliphatic imine (C=N–C) groups is 1. The molecule has 19 heavy (non-hydrogen) atoms. The summed E-state index contributed by atoms with van der Waals surface area (Å²) in [5.41, 5.74) is 2.19. The average Bonchev–Trinajstić information content (AvgIpc) is 2.83. The molecule has 1 aromatic carbocycles. The van der Waals surface area contributed by atoms with Gasteiger partial charge in [0.1, 0.15) is 5.82 Å². The number of hydrogen-bond donors (Lipinski definition) is 1. The molecule has 3 rings (SSSR count). The second-order valence-corrected chi connectivity index (χ2v) is 5.69. The lowest BCUT2D eigenvalue weighted by Gasteiger charge is -2.15. The van der Waals surface area contributed by atoms with E-state index < -0.39 is 0 Å². The molecular weight excluding hydrogens is 259 g/mol. The molecule has 1 aliphatic heterocycles. The minimum Gasteiger partial charge on any atom is -0.365 e. The maximum absolute atomic E-state index is 13.0. The van der Waals surface area contributed by atoms with Crippen LogP contribution in [-0.4, -0.2) is 6.34 Å². The van der Waals surface area contributed by atoms with E-state index in [1.165, 1.54) is 21.9 Å². The molecule has 0 radical (unpaired) electrons. The Morgan fingerprint density at radius 2 is 2.05 bits per heavy atom. The Balaban J connectivity index is 2.04. The van der Waals surface area contributed by atoms with E-state index >= 15 is 0 Å². The number of rotatable bonds is 2. The number of thiophene rings is 1. The Morgan fingerprint density at radius 3 is 2.74 bits per heavy atom. The van der Waals surface area contributed by atoms with Crippen molar-refractivity contribution in [2.45, 2.75) is 13.0 Å². The van der Waals surface area contributed by atoms with Crippen LogP contribution in [0.3, 0.4) is 0 Å². The number of nitrogens with one attached hydrogen (secondary N) is 1. The Kier molecular flexibility index (Phi) is 3.17. The number of aryl methyl sites for hydroxylation is 1. The van der Waals surface area contributed by atoms with Crippen LogP contribution in [0.1, 0.15) is 15.8 Å². The van der Waals surface area contributed by atoms with Gasteiger partial charge in [0.25, 0.3) is 0 Å². The zero-order chi connectivity index (χ0) is 13.2. The first-order valence-electron chi connectivity index (χ1n) is 6.05. The lowest BCUT2D eigenvalue weighted by atomic mass is 10.0. The molecule has 0 amide bonds. The molecule has 1 atom stereocenters. The van der Waals surface area contributed by atoms with Gasteiger partial charge in [-0.1, -0.05) is 12.1 Å². The van der Waals surface area contributed by atoms with Crippen LogP contribution in [0.5, 0.6) is 0 Å². The quantitative estimate of drug-likeness (QED) is 0.876. The Morgan fingerprint density at radius 1 is 1.26 bits per heavy atom. The van der Waals surface area contributed by atoms with Gasteiger partial charge in [0.05, 0.1) is 12.4 Å². The van der Waals surface area contributed by atoms with Crippen molar-refractivity contribution >= 4 is 17.7 Å². The molecule has 2 heterocycles. The molecule has 0 bridgehead atoms. The van der Waals surface area contributed by atoms with Crippen LogP contribution in [0.15, 0.2) is 47.6 Å². The number of halogens is 1. The molecule has 1 aliphatic rings. The maximum Gasteiger partial charge on any atom is 0.123 e. The molecule has 0 spiro atoms. The SMILES string of the molecule is Cc1cc(-c2ccc(F)cc2)c(C2C=CN=CN2)s1. The fourth-order valence-corrected chi connectivity index (χ4v) is 3.22. The molecule has 1 unspecified atom stereocenters. The van der Waals surface area contributed by atoms with Crippen molar-refractivity contribution in [3.63, 3.8) is 0 Å². The highest BCUT2D eigenvalue weighted by atomic mass is 32.1. The van der Waals surface area contributed by atoms with Gasteiger partial charge in [0.15, 0.2) is 0 Å². The normalized spacial score (nSPS) is 17.5. The van der Waals surface area contributed by atoms with Crippen molar-refractivity contribution in [2.24, 2.45) is 4.99 Å². The largest absolute Gasteiger partial charge is 0.365 e. The molecule has 0 saturated carbocycles. The van der Waals surface area contributed by atoms with E-state index in [2.05, 4.69) is 23.3 Å². The zero-order valence-electron chi connectivity index (χ0n) is 10.4. The monoisotopic (exact) mass is 272 g/mol. The van der Waals surface area contributed by atoms with Crippen molar-refractivity contribution in [1.82, 2.24) is 5.32 Å². The summed E-state index contributed by atoms with van der Waals surface area (Å²) in [6, 6.07) is 8.92. The lowest BCUT2D eigenvalue weighted by molar-refractivity contribution is 0.628. The maximum atomic E-state index is 13.0. The van der Waals surface area contributed by atoms with Crippen LogP contribution in [0.25, 0.3) is 11.1 Å². The Bertz CT molecular complexity index is 641. The van der Waals surface area contributed by atoms with Gasteiger partial charge in [-0.05, 0) is 42.3 Å². The standard InChI is InChI=1S/C15H13FN2S/c1-10-8-13(11-2-4-12(16)5-3-11)15(19-10)14-6-7-17-9-18-14/h2-9,14H,1H3,(H,17,18). The summed E-state index contributed by atoms with van der Waals surface area (Å²) in [5.74, 6) is -0.208. The van der Waals surface area contributed by atoms with Gasteiger partial charge in [0, 0.05) is 16.0 Å². The van der Waals surface area contributed by atoms with Gasteiger partial charge in [-0.2, -0.15) is 0 Å². The predicted octanol–water partition coefficient (Wildman–Crippen LogP) is 4.05. The second-order valence-electron chi connectivity index (χ2n) is 4.41. The Labute approximate surface area is 115 Å². The minimum absolute atomic E-state index is 0.135. The van der Waals surface area contributed by atoms with Crippen molar-refractivity contribution in [3.8, 4) is 11.1 Å². The molecule has 1 N–H and O–H groups in total. The van der Waals surface area contributed by atoms with Crippen LogP contribution >= 0.6 is 11.3 Å². The molecule has 96 valence electrons. The predicted molar refractivity (Wildman–Crippen MR) is 78.0 cm³/mol. The summed E-state index contributed by atoms with van der Waals surface area (Å²) in [7, 11) is 0. The van der Waals surface area contributed by atoms with Gasteiger partial charge in [-0.25, -0.2) is 9.38 Å². The summed E-state index contributed by atoms with van der Waals surface area (Å²) < 4.78 is 13.0. The van der Waals surface area contributed by atoms with Gasteiger partial charge >= 0.3 is 0 Å². The van der Waals surface area contributed by atoms with Crippen LogP contribution in [0, 0.1) is 12.7 Å². The summed E-state index contributed by atoms with van der Waals surface area (Å²) in [5, 5.41) is 3.23. The zero-order valence-corrected chi connectivity index (χ0v) is 11.2. The number of hydrogen-bond acceptors (Lipinski definition) is 3. The van der Waals surface area contributed by atoms with Crippen LogP contribution in [0.2, 0.25) is 0 Å². The Hall–Kier alpha value is -1.94. The first kappa shape index (κ1) is 12.1. The van der Waals surface area contributed by atoms with Gasteiger partial charge < -0.3 is 5.32 Å². The summed E-state index contributed by atoms with van der Waals surface area (Å²) in [6.07, 6.45) is 5.52. The van der Waals surface area contributed by atoms with E-state index in [-0.39, 0.29) is 11.9 Å². The van der Waals surface area contributed by atoms with Gasteiger partial charge in [-0.3, -0.25) is 0 Å². The van der Waals surface area contributed by atoms with Crippen molar-refractivity contribution < 1.29 is 4.39 Å². The molecule has 0 saturated heterocycles. The molecule has 0 fully saturated rings. The highest BCUT2D eigenvalue weighted by Crippen LogP contribution is 2.36. The van der Waals surface area contributed by atoms with Crippen LogP contribution in [-0.2, 0) is 0 Å². The van der Waals surface area contributed by atoms with E-state index in [1.54, 1.807) is 23.9 Å². The molecule has 2 nitrogen and oxygen atoms in total. The average molecular weight is 272 g/mol. The van der Waals surface area contributed by atoms with E-state index in [4.69, 9.17) is 0 Å². The molecule has 2 aromatic rings. The number of nitrogens with zero attached hydrogens (tertiary/aromatic N) is 1. The van der Waals surface area contributed by atoms with E-state index in [0.717, 1.165) is 11.1 Å². The van der Waals surface area contributed by atoms with Crippen LogP contribution in [0.4, 0.5) is 4.39 Å². The first-order chi connectivity index (χ1) is 9.24. The van der Waals surface area contributed by atoms with Crippen molar-refractivity contribution in [3.05, 3.63) is 58.2 Å². The topological polar surface area (TPSA) is 24.4 Å². The van der Waals surface area contributed by atoms with E-state index in [1.807, 2.05) is 18.2 Å². The third-order valence-corrected chi connectivity index (χ3v) is 4.15. The highest BCUT2D eigenvalue weighted by molar-refractivity contribution is 7.12. The molecule has 0 aliphatic carbocycles. The smallest absolute Gasteiger partial charge is 0.123 e. The number of benzene rings is 1. The van der Waals surface area contributed by atoms with Gasteiger partial charge in [-0.15, -0.1) is 11.3 Å². The fraction of sp³-hybridized carbons (Fsp3) is 0.133. The summed E-state index contributed by atoms with van der Waals surface area (Å²) >= 11 is 1.75.